The van der Waals surface area contributed by atoms with Crippen LogP contribution in [0.5, 0.6) is 0 Å². The van der Waals surface area contributed by atoms with Crippen molar-refractivity contribution >= 4 is 11.9 Å². The van der Waals surface area contributed by atoms with E-state index in [1.54, 1.807) is 13.0 Å². The second kappa shape index (κ2) is 7.30. The number of nitrogens with one attached hydrogen (secondary N) is 1. The van der Waals surface area contributed by atoms with E-state index in [2.05, 4.69) is 5.32 Å². The van der Waals surface area contributed by atoms with Crippen molar-refractivity contribution in [2.75, 3.05) is 0 Å². The topological polar surface area (TPSA) is 55.4 Å². The minimum absolute atomic E-state index is 0.298. The number of ether oxygens (including phenoxy) is 1. The Morgan fingerprint density at radius 1 is 1.08 bits per heavy atom. The fraction of sp³-hybridized carbons (Fsp3) is 0.300. The zero-order valence-corrected chi connectivity index (χ0v) is 13.7. The molecular formula is C20H21NO3. The number of hydrogen-bond acceptors (Lipinski definition) is 3. The van der Waals surface area contributed by atoms with Gasteiger partial charge < -0.3 is 10.1 Å². The molecule has 0 bridgehead atoms. The van der Waals surface area contributed by atoms with Crippen LogP contribution in [0.25, 0.3) is 0 Å². The van der Waals surface area contributed by atoms with Crippen molar-refractivity contribution < 1.29 is 14.3 Å². The molecule has 0 unspecified atom stereocenters. The standard InChI is InChI=1S/C20H21NO3/c1-14(19(22)21-13-15-6-3-2-4-7-15)24-20(23)18-11-10-16-8-5-9-17(16)12-18/h2-4,6-7,10-12,14H,5,8-9,13H2,1H3,(H,21,22)/t14-/m0/s1. The van der Waals surface area contributed by atoms with E-state index in [9.17, 15) is 9.59 Å². The minimum Gasteiger partial charge on any atom is -0.449 e. The number of aryl methyl sites for hydroxylation is 2. The van der Waals surface area contributed by atoms with Crippen LogP contribution in [0.2, 0.25) is 0 Å². The van der Waals surface area contributed by atoms with Crippen molar-refractivity contribution in [3.63, 3.8) is 0 Å². The summed E-state index contributed by atoms with van der Waals surface area (Å²) < 4.78 is 5.30. The normalized spacial score (nSPS) is 13.9. The first-order valence-electron chi connectivity index (χ1n) is 8.28. The highest BCUT2D eigenvalue weighted by molar-refractivity contribution is 5.92. The molecular weight excluding hydrogens is 302 g/mol. The highest BCUT2D eigenvalue weighted by atomic mass is 16.5. The number of esters is 1. The quantitative estimate of drug-likeness (QED) is 0.861. The maximum Gasteiger partial charge on any atom is 0.338 e. The number of fused-ring (bicyclic) bond motifs is 1. The summed E-state index contributed by atoms with van der Waals surface area (Å²) in [7, 11) is 0. The molecule has 124 valence electrons. The molecule has 0 radical (unpaired) electrons. The SMILES string of the molecule is C[C@H](OC(=O)c1ccc2c(c1)CCC2)C(=O)NCc1ccccc1. The average molecular weight is 323 g/mol. The molecule has 2 aromatic carbocycles. The lowest BCUT2D eigenvalue weighted by molar-refractivity contribution is -0.129. The molecule has 3 rings (SSSR count). The molecule has 2 aromatic rings. The summed E-state index contributed by atoms with van der Waals surface area (Å²) in [5, 5.41) is 2.78. The largest absolute Gasteiger partial charge is 0.449 e. The van der Waals surface area contributed by atoms with E-state index in [0.29, 0.717) is 12.1 Å². The molecule has 0 saturated carbocycles. The Balaban J connectivity index is 1.54. The number of amides is 1. The van der Waals surface area contributed by atoms with Gasteiger partial charge in [0.05, 0.1) is 5.56 Å². The second-order valence-electron chi connectivity index (χ2n) is 6.09. The van der Waals surface area contributed by atoms with Crippen LogP contribution in [0.3, 0.4) is 0 Å². The van der Waals surface area contributed by atoms with Gasteiger partial charge in [0.25, 0.3) is 5.91 Å². The molecule has 1 amide bonds. The van der Waals surface area contributed by atoms with Gasteiger partial charge >= 0.3 is 5.97 Å². The first-order chi connectivity index (χ1) is 11.6. The van der Waals surface area contributed by atoms with Gasteiger partial charge in [-0.25, -0.2) is 4.79 Å². The third-order valence-electron chi connectivity index (χ3n) is 4.30. The Labute approximate surface area is 141 Å². The average Bonchev–Trinajstić information content (AvgIpc) is 3.08. The van der Waals surface area contributed by atoms with Crippen molar-refractivity contribution in [3.05, 3.63) is 70.8 Å². The number of benzene rings is 2. The van der Waals surface area contributed by atoms with Gasteiger partial charge in [0.15, 0.2) is 6.10 Å². The molecule has 24 heavy (non-hydrogen) atoms. The van der Waals surface area contributed by atoms with Gasteiger partial charge in [-0.2, -0.15) is 0 Å². The Bertz CT molecular complexity index is 740. The van der Waals surface area contributed by atoms with E-state index >= 15 is 0 Å². The molecule has 0 fully saturated rings. The summed E-state index contributed by atoms with van der Waals surface area (Å²) in [6.45, 7) is 2.01. The van der Waals surface area contributed by atoms with Crippen molar-refractivity contribution in [1.82, 2.24) is 5.32 Å². The summed E-state index contributed by atoms with van der Waals surface area (Å²) in [6, 6.07) is 15.3. The zero-order chi connectivity index (χ0) is 16.9. The van der Waals surface area contributed by atoms with Crippen LogP contribution < -0.4 is 5.32 Å². The maximum absolute atomic E-state index is 12.2. The fourth-order valence-corrected chi connectivity index (χ4v) is 2.91. The second-order valence-corrected chi connectivity index (χ2v) is 6.09. The molecule has 4 nitrogen and oxygen atoms in total. The number of hydrogen-bond donors (Lipinski definition) is 1. The molecule has 1 aliphatic carbocycles. The Hall–Kier alpha value is -2.62. The molecule has 0 spiro atoms. The lowest BCUT2D eigenvalue weighted by Gasteiger charge is -2.14. The van der Waals surface area contributed by atoms with Crippen LogP contribution >= 0.6 is 0 Å². The molecule has 0 aromatic heterocycles. The predicted octanol–water partition coefficient (Wildman–Crippen LogP) is 3.04. The molecule has 0 aliphatic heterocycles. The first-order valence-corrected chi connectivity index (χ1v) is 8.28. The van der Waals surface area contributed by atoms with Gasteiger partial charge in [0.1, 0.15) is 0 Å². The zero-order valence-electron chi connectivity index (χ0n) is 13.7. The number of carbonyl (C=O) groups excluding carboxylic acids is 2. The lowest BCUT2D eigenvalue weighted by Crippen LogP contribution is -2.35. The lowest BCUT2D eigenvalue weighted by atomic mass is 10.1. The fourth-order valence-electron chi connectivity index (χ4n) is 2.91. The van der Waals surface area contributed by atoms with Crippen molar-refractivity contribution in [3.8, 4) is 0 Å². The summed E-state index contributed by atoms with van der Waals surface area (Å²) in [5.74, 6) is -0.750. The van der Waals surface area contributed by atoms with Crippen LogP contribution in [0, 0.1) is 0 Å². The Morgan fingerprint density at radius 3 is 2.62 bits per heavy atom. The van der Waals surface area contributed by atoms with Crippen molar-refractivity contribution in [2.45, 2.75) is 38.8 Å². The molecule has 1 aliphatic rings. The summed E-state index contributed by atoms with van der Waals surface area (Å²) in [5.41, 5.74) is 4.03. The smallest absolute Gasteiger partial charge is 0.338 e. The van der Waals surface area contributed by atoms with Gasteiger partial charge in [-0.15, -0.1) is 0 Å². The van der Waals surface area contributed by atoms with E-state index in [-0.39, 0.29) is 5.91 Å². The Kier molecular flexibility index (Phi) is 4.94. The van der Waals surface area contributed by atoms with Crippen molar-refractivity contribution in [2.24, 2.45) is 0 Å². The van der Waals surface area contributed by atoms with Crippen molar-refractivity contribution in [1.29, 1.82) is 0 Å². The summed E-state index contributed by atoms with van der Waals surface area (Å²) in [6.07, 6.45) is 2.38. The third-order valence-corrected chi connectivity index (χ3v) is 4.30. The highest BCUT2D eigenvalue weighted by Crippen LogP contribution is 2.23. The van der Waals surface area contributed by atoms with Crippen LogP contribution in [0.15, 0.2) is 48.5 Å². The Morgan fingerprint density at radius 2 is 1.83 bits per heavy atom. The molecule has 1 N–H and O–H groups in total. The number of carbonyl (C=O) groups is 2. The monoisotopic (exact) mass is 323 g/mol. The first kappa shape index (κ1) is 16.2. The predicted molar refractivity (Wildman–Crippen MR) is 91.6 cm³/mol. The van der Waals surface area contributed by atoms with Crippen LogP contribution in [-0.4, -0.2) is 18.0 Å². The van der Waals surface area contributed by atoms with Gasteiger partial charge in [0, 0.05) is 6.54 Å². The van der Waals surface area contributed by atoms with E-state index in [4.69, 9.17) is 4.74 Å². The molecule has 4 heteroatoms. The minimum atomic E-state index is -0.825. The summed E-state index contributed by atoms with van der Waals surface area (Å²) in [4.78, 5) is 24.3. The molecule has 0 saturated heterocycles. The van der Waals surface area contributed by atoms with E-state index in [0.717, 1.165) is 24.8 Å². The third kappa shape index (κ3) is 3.82. The number of rotatable bonds is 5. The van der Waals surface area contributed by atoms with E-state index < -0.39 is 12.1 Å². The molecule has 1 atom stereocenters. The van der Waals surface area contributed by atoms with Crippen LogP contribution in [0.4, 0.5) is 0 Å². The van der Waals surface area contributed by atoms with Gasteiger partial charge in [0.2, 0.25) is 0 Å². The van der Waals surface area contributed by atoms with Crippen LogP contribution in [-0.2, 0) is 28.9 Å². The summed E-state index contributed by atoms with van der Waals surface area (Å²) >= 11 is 0. The van der Waals surface area contributed by atoms with E-state index in [1.165, 1.54) is 11.1 Å². The van der Waals surface area contributed by atoms with Gasteiger partial charge in [-0.05, 0) is 55.0 Å². The van der Waals surface area contributed by atoms with Gasteiger partial charge in [-0.3, -0.25) is 4.79 Å². The maximum atomic E-state index is 12.2. The van der Waals surface area contributed by atoms with Gasteiger partial charge in [-0.1, -0.05) is 36.4 Å². The molecule has 0 heterocycles. The van der Waals surface area contributed by atoms with Crippen LogP contribution in [0.1, 0.15) is 40.4 Å². The highest BCUT2D eigenvalue weighted by Gasteiger charge is 2.20. The van der Waals surface area contributed by atoms with E-state index in [1.807, 2.05) is 42.5 Å².